The number of hydrogen-bond acceptors (Lipinski definition) is 0. The fraction of sp³-hybridized carbons (Fsp3) is 0.0385. The van der Waals surface area contributed by atoms with Gasteiger partial charge in [-0.2, -0.15) is 0 Å². The smallest absolute Gasteiger partial charge is 0.0547 e. The van der Waals surface area contributed by atoms with Crippen LogP contribution >= 0.6 is 0 Å². The van der Waals surface area contributed by atoms with Crippen LogP contribution in [0.3, 0.4) is 0 Å². The summed E-state index contributed by atoms with van der Waals surface area (Å²) in [6.07, 6.45) is 0.979. The van der Waals surface area contributed by atoms with Gasteiger partial charge in [0, 0.05) is 22.4 Å². The van der Waals surface area contributed by atoms with Gasteiger partial charge in [-0.1, -0.05) is 146 Å². The van der Waals surface area contributed by atoms with Crippen molar-refractivity contribution < 1.29 is 0 Å². The highest BCUT2D eigenvalue weighted by molar-refractivity contribution is 6.18. The maximum Gasteiger partial charge on any atom is 0.0547 e. The summed E-state index contributed by atoms with van der Waals surface area (Å²) in [5, 5.41) is 7.73. The summed E-state index contributed by atoms with van der Waals surface area (Å²) >= 11 is 0. The Balaban J connectivity index is 1.07. The molecule has 0 saturated carbocycles. The number of aromatic nitrogens is 1. The van der Waals surface area contributed by atoms with Gasteiger partial charge in [0.1, 0.15) is 0 Å². The third-order valence-corrected chi connectivity index (χ3v) is 12.0. The Kier molecular flexibility index (Phi) is 5.95. The quantitative estimate of drug-likeness (QED) is 0.176. The van der Waals surface area contributed by atoms with Crippen LogP contribution in [0.5, 0.6) is 0 Å². The first kappa shape index (κ1) is 28.9. The highest BCUT2D eigenvalue weighted by atomic mass is 15.0. The van der Waals surface area contributed by atoms with E-state index in [4.69, 9.17) is 0 Å². The lowest BCUT2D eigenvalue weighted by Crippen LogP contribution is -1.99. The molecule has 0 N–H and O–H groups in total. The molecule has 0 radical (unpaired) electrons. The number of rotatable bonds is 3. The van der Waals surface area contributed by atoms with Gasteiger partial charge in [-0.05, 0) is 126 Å². The van der Waals surface area contributed by atoms with Crippen LogP contribution in [-0.4, -0.2) is 4.57 Å². The molecule has 0 fully saturated rings. The zero-order chi connectivity index (χ0) is 34.6. The van der Waals surface area contributed by atoms with Gasteiger partial charge in [-0.15, -0.1) is 0 Å². The molecule has 1 heteroatoms. The van der Waals surface area contributed by atoms with E-state index in [0.717, 1.165) is 6.42 Å². The van der Waals surface area contributed by atoms with Crippen LogP contribution in [0.1, 0.15) is 33.7 Å². The summed E-state index contributed by atoms with van der Waals surface area (Å²) in [7, 11) is 0. The van der Waals surface area contributed by atoms with Gasteiger partial charge in [-0.3, -0.25) is 0 Å². The molecular weight excluding hydrogens is 639 g/mol. The molecule has 1 atom stereocenters. The molecule has 246 valence electrons. The summed E-state index contributed by atoms with van der Waals surface area (Å²) in [5.74, 6) is 0.213. The van der Waals surface area contributed by atoms with Crippen molar-refractivity contribution in [1.82, 2.24) is 4.57 Å². The Morgan fingerprint density at radius 3 is 1.94 bits per heavy atom. The minimum Gasteiger partial charge on any atom is -0.309 e. The second-order valence-corrected chi connectivity index (χ2v) is 14.9. The zero-order valence-electron chi connectivity index (χ0n) is 29.1. The van der Waals surface area contributed by atoms with Crippen molar-refractivity contribution in [1.29, 1.82) is 0 Å². The van der Waals surface area contributed by atoms with E-state index in [-0.39, 0.29) is 5.92 Å². The molecular formula is C52H33N. The topological polar surface area (TPSA) is 4.93 Å². The number of benzene rings is 9. The normalized spacial score (nSPS) is 14.2. The van der Waals surface area contributed by atoms with Crippen molar-refractivity contribution in [3.63, 3.8) is 0 Å². The maximum absolute atomic E-state index is 2.48. The van der Waals surface area contributed by atoms with Gasteiger partial charge in [0.15, 0.2) is 0 Å². The SMILES string of the molecule is c1ccc2c(c1)Cc1ccc3c(c1-2)c1cc(-c2ccc4c(c2)-c2ccccc2C4c2ccc4ccccc4c2)ccc1n3-c1ccc2ccccc2c1. The summed E-state index contributed by atoms with van der Waals surface area (Å²) < 4.78 is 2.48. The van der Waals surface area contributed by atoms with Crippen LogP contribution in [0.25, 0.3) is 82.4 Å². The molecule has 2 aliphatic rings. The molecule has 1 aromatic heterocycles. The summed E-state index contributed by atoms with van der Waals surface area (Å²) in [5.41, 5.74) is 18.5. The fourth-order valence-electron chi connectivity index (χ4n) is 9.64. The summed E-state index contributed by atoms with van der Waals surface area (Å²) in [4.78, 5) is 0. The first-order valence-electron chi connectivity index (χ1n) is 18.7. The molecule has 12 rings (SSSR count). The van der Waals surface area contributed by atoms with Crippen molar-refractivity contribution in [3.05, 3.63) is 210 Å². The molecule has 0 aliphatic heterocycles. The molecule has 1 nitrogen and oxygen atoms in total. The predicted octanol–water partition coefficient (Wildman–Crippen LogP) is 13.5. The van der Waals surface area contributed by atoms with E-state index in [0.29, 0.717) is 0 Å². The van der Waals surface area contributed by atoms with E-state index in [1.54, 1.807) is 0 Å². The fourth-order valence-corrected chi connectivity index (χ4v) is 9.64. The van der Waals surface area contributed by atoms with Crippen molar-refractivity contribution in [3.8, 4) is 39.1 Å². The van der Waals surface area contributed by atoms with Gasteiger partial charge < -0.3 is 4.57 Å². The molecule has 0 amide bonds. The van der Waals surface area contributed by atoms with E-state index < -0.39 is 0 Å². The van der Waals surface area contributed by atoms with Crippen LogP contribution in [0.15, 0.2) is 182 Å². The van der Waals surface area contributed by atoms with Crippen molar-refractivity contribution in [2.75, 3.05) is 0 Å². The standard InChI is InChI=1S/C52H33N/c1-3-11-34-27-39(18-17-32(34)9-1)50-44-16-8-7-15-43(44)46-30-36(20-24-45(46)50)37-21-25-48-47(31-37)52-49(26-22-40-28-38-13-5-6-14-42(38)51(40)52)53(48)41-23-19-33-10-2-4-12-35(33)29-41/h1-27,29-31,50H,28H2. The van der Waals surface area contributed by atoms with Crippen LogP contribution in [-0.2, 0) is 6.42 Å². The summed E-state index contributed by atoms with van der Waals surface area (Å²) in [6, 6.07) is 68.2. The average molecular weight is 672 g/mol. The molecule has 0 spiro atoms. The summed E-state index contributed by atoms with van der Waals surface area (Å²) in [6.45, 7) is 0. The van der Waals surface area contributed by atoms with Gasteiger partial charge in [0.25, 0.3) is 0 Å². The third-order valence-electron chi connectivity index (χ3n) is 12.0. The van der Waals surface area contributed by atoms with Gasteiger partial charge in [0.2, 0.25) is 0 Å². The van der Waals surface area contributed by atoms with E-state index >= 15 is 0 Å². The van der Waals surface area contributed by atoms with E-state index in [1.165, 1.54) is 110 Å². The average Bonchev–Trinajstić information content (AvgIpc) is 3.87. The number of hydrogen-bond donors (Lipinski definition) is 0. The minimum absolute atomic E-state index is 0.213. The van der Waals surface area contributed by atoms with Crippen LogP contribution < -0.4 is 0 Å². The molecule has 2 aliphatic carbocycles. The van der Waals surface area contributed by atoms with Crippen LogP contribution in [0, 0.1) is 0 Å². The van der Waals surface area contributed by atoms with Crippen LogP contribution in [0.2, 0.25) is 0 Å². The lowest BCUT2D eigenvalue weighted by atomic mass is 9.87. The Hall–Kier alpha value is -6.70. The van der Waals surface area contributed by atoms with Gasteiger partial charge in [-0.25, -0.2) is 0 Å². The van der Waals surface area contributed by atoms with E-state index in [9.17, 15) is 0 Å². The highest BCUT2D eigenvalue weighted by Crippen LogP contribution is 2.50. The predicted molar refractivity (Wildman–Crippen MR) is 222 cm³/mol. The first-order valence-corrected chi connectivity index (χ1v) is 18.7. The van der Waals surface area contributed by atoms with E-state index in [2.05, 4.69) is 187 Å². The van der Waals surface area contributed by atoms with Crippen molar-refractivity contribution in [2.24, 2.45) is 0 Å². The Morgan fingerprint density at radius 2 is 1.08 bits per heavy atom. The van der Waals surface area contributed by atoms with E-state index in [1.807, 2.05) is 0 Å². The molecule has 1 unspecified atom stereocenters. The molecule has 1 heterocycles. The molecule has 0 saturated heterocycles. The Bertz CT molecular complexity index is 3160. The molecule has 53 heavy (non-hydrogen) atoms. The first-order chi connectivity index (χ1) is 26.3. The Morgan fingerprint density at radius 1 is 0.415 bits per heavy atom. The molecule has 9 aromatic carbocycles. The largest absolute Gasteiger partial charge is 0.309 e. The van der Waals surface area contributed by atoms with Crippen molar-refractivity contribution in [2.45, 2.75) is 12.3 Å². The Labute approximate surface area is 308 Å². The monoisotopic (exact) mass is 671 g/mol. The number of nitrogens with zero attached hydrogens (tertiary/aromatic N) is 1. The lowest BCUT2D eigenvalue weighted by molar-refractivity contribution is 1.02. The van der Waals surface area contributed by atoms with Crippen molar-refractivity contribution >= 4 is 43.4 Å². The lowest BCUT2D eigenvalue weighted by Gasteiger charge is -2.16. The third kappa shape index (κ3) is 4.19. The maximum atomic E-state index is 2.48. The van der Waals surface area contributed by atoms with Gasteiger partial charge >= 0.3 is 0 Å². The molecule has 10 aromatic rings. The van der Waals surface area contributed by atoms with Crippen LogP contribution in [0.4, 0.5) is 0 Å². The van der Waals surface area contributed by atoms with Gasteiger partial charge in [0.05, 0.1) is 11.0 Å². The zero-order valence-corrected chi connectivity index (χ0v) is 29.1. The molecule has 0 bridgehead atoms. The minimum atomic E-state index is 0.213. The highest BCUT2D eigenvalue weighted by Gasteiger charge is 2.30. The second-order valence-electron chi connectivity index (χ2n) is 14.9. The second kappa shape index (κ2) is 10.9. The number of fused-ring (bicyclic) bond motifs is 12.